The van der Waals surface area contributed by atoms with E-state index in [-0.39, 0.29) is 24.4 Å². The third-order valence-electron chi connectivity index (χ3n) is 4.56. The number of urea groups is 1. The SMILES string of the molecule is CCC(CNC(=O)NC1CN2CCC1CC2)CC(=O)O. The zero-order valence-corrected chi connectivity index (χ0v) is 12.1. The van der Waals surface area contributed by atoms with Crippen molar-refractivity contribution in [3.05, 3.63) is 0 Å². The number of amides is 2. The van der Waals surface area contributed by atoms with Gasteiger partial charge in [0, 0.05) is 25.6 Å². The van der Waals surface area contributed by atoms with Crippen LogP contribution in [0.2, 0.25) is 0 Å². The van der Waals surface area contributed by atoms with E-state index in [0.717, 1.165) is 26.1 Å². The molecule has 0 saturated carbocycles. The van der Waals surface area contributed by atoms with Gasteiger partial charge in [-0.3, -0.25) is 4.79 Å². The van der Waals surface area contributed by atoms with Crippen LogP contribution in [0.25, 0.3) is 0 Å². The summed E-state index contributed by atoms with van der Waals surface area (Å²) in [6.45, 7) is 5.63. The Bertz CT molecular complexity index is 354. The summed E-state index contributed by atoms with van der Waals surface area (Å²) in [5.74, 6) is -0.201. The Hall–Kier alpha value is -1.30. The first kappa shape index (κ1) is 15.1. The van der Waals surface area contributed by atoms with Gasteiger partial charge in [0.25, 0.3) is 0 Å². The van der Waals surface area contributed by atoms with E-state index < -0.39 is 5.97 Å². The number of carboxylic acids is 1. The number of fused-ring (bicyclic) bond motifs is 3. The van der Waals surface area contributed by atoms with Gasteiger partial charge in [0.2, 0.25) is 0 Å². The van der Waals surface area contributed by atoms with E-state index in [9.17, 15) is 9.59 Å². The van der Waals surface area contributed by atoms with E-state index in [4.69, 9.17) is 5.11 Å². The summed E-state index contributed by atoms with van der Waals surface area (Å²) < 4.78 is 0. The second kappa shape index (κ2) is 6.92. The smallest absolute Gasteiger partial charge is 0.315 e. The molecule has 0 spiro atoms. The molecule has 0 aliphatic carbocycles. The van der Waals surface area contributed by atoms with E-state index in [0.29, 0.717) is 12.5 Å². The summed E-state index contributed by atoms with van der Waals surface area (Å²) in [6.07, 6.45) is 3.20. The molecule has 2 atom stereocenters. The van der Waals surface area contributed by atoms with Gasteiger partial charge in [0.1, 0.15) is 0 Å². The molecule has 3 saturated heterocycles. The highest BCUT2D eigenvalue weighted by atomic mass is 16.4. The first-order valence-electron chi connectivity index (χ1n) is 7.57. The zero-order valence-electron chi connectivity index (χ0n) is 12.1. The first-order valence-corrected chi connectivity index (χ1v) is 7.57. The van der Waals surface area contributed by atoms with Crippen LogP contribution in [-0.4, -0.2) is 54.2 Å². The third kappa shape index (κ3) is 4.10. The van der Waals surface area contributed by atoms with Crippen molar-refractivity contribution < 1.29 is 14.7 Å². The highest BCUT2D eigenvalue weighted by molar-refractivity contribution is 5.74. The van der Waals surface area contributed by atoms with Gasteiger partial charge in [-0.05, 0) is 37.8 Å². The van der Waals surface area contributed by atoms with E-state index in [1.807, 2.05) is 6.92 Å². The van der Waals surface area contributed by atoms with Crippen LogP contribution in [0.3, 0.4) is 0 Å². The second-order valence-corrected chi connectivity index (χ2v) is 5.97. The summed E-state index contributed by atoms with van der Waals surface area (Å²) in [5.41, 5.74) is 0. The van der Waals surface area contributed by atoms with Crippen molar-refractivity contribution in [1.82, 2.24) is 15.5 Å². The van der Waals surface area contributed by atoms with Gasteiger partial charge < -0.3 is 20.6 Å². The predicted molar refractivity (Wildman–Crippen MR) is 75.5 cm³/mol. The van der Waals surface area contributed by atoms with Gasteiger partial charge >= 0.3 is 12.0 Å². The van der Waals surface area contributed by atoms with E-state index in [2.05, 4.69) is 15.5 Å². The Morgan fingerprint density at radius 3 is 2.55 bits per heavy atom. The number of carboxylic acid groups (broad SMARTS) is 1. The van der Waals surface area contributed by atoms with Gasteiger partial charge in [-0.2, -0.15) is 0 Å². The summed E-state index contributed by atoms with van der Waals surface area (Å²) in [6, 6.07) is 0.0876. The molecule has 6 nitrogen and oxygen atoms in total. The molecule has 0 aromatic carbocycles. The third-order valence-corrected chi connectivity index (χ3v) is 4.56. The van der Waals surface area contributed by atoms with Gasteiger partial charge in [-0.25, -0.2) is 4.79 Å². The lowest BCUT2D eigenvalue weighted by molar-refractivity contribution is -0.138. The van der Waals surface area contributed by atoms with Crippen LogP contribution in [0.1, 0.15) is 32.6 Å². The minimum absolute atomic E-state index is 0.00445. The number of nitrogens with one attached hydrogen (secondary N) is 2. The lowest BCUT2D eigenvalue weighted by Gasteiger charge is -2.44. The van der Waals surface area contributed by atoms with Crippen LogP contribution >= 0.6 is 0 Å². The Morgan fingerprint density at radius 1 is 1.35 bits per heavy atom. The highest BCUT2D eigenvalue weighted by Gasteiger charge is 2.34. The standard InChI is InChI=1S/C14H25N3O3/c1-2-10(7-13(18)19)8-15-14(20)16-12-9-17-5-3-11(12)4-6-17/h10-12H,2-9H2,1H3,(H,18,19)(H2,15,16,20). The molecule has 0 aromatic heterocycles. The van der Waals surface area contributed by atoms with Crippen LogP contribution < -0.4 is 10.6 Å². The Kier molecular flexibility index (Phi) is 5.23. The quantitative estimate of drug-likeness (QED) is 0.676. The first-order chi connectivity index (χ1) is 9.58. The molecular weight excluding hydrogens is 258 g/mol. The van der Waals surface area contributed by atoms with Crippen LogP contribution in [0.4, 0.5) is 4.79 Å². The van der Waals surface area contributed by atoms with Crippen molar-refractivity contribution in [2.45, 2.75) is 38.6 Å². The molecule has 3 fully saturated rings. The maximum atomic E-state index is 11.9. The lowest BCUT2D eigenvalue weighted by Crippen LogP contribution is -2.58. The number of nitrogens with zero attached hydrogens (tertiary/aromatic N) is 1. The van der Waals surface area contributed by atoms with Crippen molar-refractivity contribution in [2.24, 2.45) is 11.8 Å². The molecule has 20 heavy (non-hydrogen) atoms. The molecule has 3 N–H and O–H groups in total. The monoisotopic (exact) mass is 283 g/mol. The fraction of sp³-hybridized carbons (Fsp3) is 0.857. The molecule has 3 aliphatic rings. The number of hydrogen-bond acceptors (Lipinski definition) is 3. The predicted octanol–water partition coefficient (Wildman–Crippen LogP) is 0.881. The summed E-state index contributed by atoms with van der Waals surface area (Å²) >= 11 is 0. The molecule has 2 amide bonds. The number of carbonyl (C=O) groups is 2. The van der Waals surface area contributed by atoms with Crippen LogP contribution in [0, 0.1) is 11.8 Å². The fourth-order valence-electron chi connectivity index (χ4n) is 3.19. The average Bonchev–Trinajstić information content (AvgIpc) is 2.44. The van der Waals surface area contributed by atoms with E-state index in [1.54, 1.807) is 0 Å². The molecule has 3 heterocycles. The maximum absolute atomic E-state index is 11.9. The normalized spacial score (nSPS) is 29.8. The Morgan fingerprint density at radius 2 is 2.05 bits per heavy atom. The summed E-state index contributed by atoms with van der Waals surface area (Å²) in [4.78, 5) is 25.0. The van der Waals surface area contributed by atoms with E-state index >= 15 is 0 Å². The molecule has 0 aromatic rings. The Balaban J connectivity index is 1.71. The van der Waals surface area contributed by atoms with Gasteiger partial charge in [0.15, 0.2) is 0 Å². The van der Waals surface area contributed by atoms with Crippen molar-refractivity contribution in [1.29, 1.82) is 0 Å². The largest absolute Gasteiger partial charge is 0.481 e. The number of aliphatic carboxylic acids is 1. The maximum Gasteiger partial charge on any atom is 0.315 e. The molecule has 6 heteroatoms. The van der Waals surface area contributed by atoms with Gasteiger partial charge in [-0.15, -0.1) is 0 Å². The van der Waals surface area contributed by atoms with Crippen LogP contribution in [0.5, 0.6) is 0 Å². The molecule has 2 bridgehead atoms. The molecule has 114 valence electrons. The molecule has 0 radical (unpaired) electrons. The number of piperidine rings is 3. The topological polar surface area (TPSA) is 81.7 Å². The zero-order chi connectivity index (χ0) is 14.5. The summed E-state index contributed by atoms with van der Waals surface area (Å²) in [7, 11) is 0. The Labute approximate surface area is 119 Å². The van der Waals surface area contributed by atoms with Crippen molar-refractivity contribution in [2.75, 3.05) is 26.2 Å². The number of hydrogen-bond donors (Lipinski definition) is 3. The molecule has 2 unspecified atom stereocenters. The fourth-order valence-corrected chi connectivity index (χ4v) is 3.19. The molecule has 3 rings (SSSR count). The highest BCUT2D eigenvalue weighted by Crippen LogP contribution is 2.27. The summed E-state index contributed by atoms with van der Waals surface area (Å²) in [5, 5.41) is 14.6. The van der Waals surface area contributed by atoms with E-state index in [1.165, 1.54) is 12.8 Å². The van der Waals surface area contributed by atoms with Gasteiger partial charge in [0.05, 0.1) is 0 Å². The molecule has 3 aliphatic heterocycles. The van der Waals surface area contributed by atoms with Crippen molar-refractivity contribution >= 4 is 12.0 Å². The lowest BCUT2D eigenvalue weighted by atomic mass is 9.84. The second-order valence-electron chi connectivity index (χ2n) is 5.97. The number of rotatable bonds is 6. The number of carbonyl (C=O) groups excluding carboxylic acids is 1. The van der Waals surface area contributed by atoms with Gasteiger partial charge in [-0.1, -0.05) is 13.3 Å². The van der Waals surface area contributed by atoms with Crippen molar-refractivity contribution in [3.63, 3.8) is 0 Å². The minimum Gasteiger partial charge on any atom is -0.481 e. The average molecular weight is 283 g/mol. The van der Waals surface area contributed by atoms with Crippen LogP contribution in [0.15, 0.2) is 0 Å². The van der Waals surface area contributed by atoms with Crippen molar-refractivity contribution in [3.8, 4) is 0 Å². The minimum atomic E-state index is -0.809. The molecular formula is C14H25N3O3. The van der Waals surface area contributed by atoms with Crippen LogP contribution in [-0.2, 0) is 4.79 Å².